The van der Waals surface area contributed by atoms with E-state index < -0.39 is 0 Å². The van der Waals surface area contributed by atoms with Crippen LogP contribution in [0.2, 0.25) is 0 Å². The van der Waals surface area contributed by atoms with Gasteiger partial charge >= 0.3 is 11.8 Å². The monoisotopic (exact) mass is 294 g/mol. The van der Waals surface area contributed by atoms with Crippen LogP contribution >= 0.6 is 0 Å². The maximum atomic E-state index is 12.3. The molecular weight excluding hydrogens is 272 g/mol. The molecule has 0 aliphatic carbocycles. The minimum Gasteiger partial charge on any atom is -0.417 e. The third-order valence-corrected chi connectivity index (χ3v) is 3.50. The number of hydrogen-bond donors (Lipinski definition) is 0. The molecule has 1 aromatic heterocycles. The van der Waals surface area contributed by atoms with Crippen LogP contribution in [-0.2, 0) is 4.79 Å². The van der Waals surface area contributed by atoms with Crippen molar-refractivity contribution in [1.29, 1.82) is 0 Å². The number of hydrogen-bond acceptors (Lipinski definition) is 5. The summed E-state index contributed by atoms with van der Waals surface area (Å²) < 4.78 is 5.38. The van der Waals surface area contributed by atoms with Crippen molar-refractivity contribution in [2.24, 2.45) is 0 Å². The van der Waals surface area contributed by atoms with Gasteiger partial charge in [-0.15, -0.1) is 10.2 Å². The number of carbonyl (C=O) groups is 2. The van der Waals surface area contributed by atoms with Crippen LogP contribution in [0.15, 0.2) is 4.42 Å². The highest BCUT2D eigenvalue weighted by Gasteiger charge is 2.27. The minimum atomic E-state index is -0.253. The summed E-state index contributed by atoms with van der Waals surface area (Å²) in [7, 11) is 0. The van der Waals surface area contributed by atoms with Gasteiger partial charge in [-0.3, -0.25) is 9.59 Å². The van der Waals surface area contributed by atoms with Gasteiger partial charge in [0, 0.05) is 38.5 Å². The molecule has 2 heterocycles. The van der Waals surface area contributed by atoms with E-state index in [4.69, 9.17) is 4.42 Å². The summed E-state index contributed by atoms with van der Waals surface area (Å²) in [4.78, 5) is 27.5. The van der Waals surface area contributed by atoms with Gasteiger partial charge in [0.1, 0.15) is 0 Å². The molecule has 7 heteroatoms. The summed E-state index contributed by atoms with van der Waals surface area (Å²) in [6, 6.07) is 0. The van der Waals surface area contributed by atoms with Crippen molar-refractivity contribution in [2.75, 3.05) is 26.2 Å². The van der Waals surface area contributed by atoms with E-state index in [0.29, 0.717) is 38.5 Å². The summed E-state index contributed by atoms with van der Waals surface area (Å²) >= 11 is 0. The first-order valence-corrected chi connectivity index (χ1v) is 7.43. The molecule has 7 nitrogen and oxygen atoms in total. The summed E-state index contributed by atoms with van der Waals surface area (Å²) in [6.07, 6.45) is 1.41. The molecule has 2 rings (SSSR count). The van der Waals surface area contributed by atoms with Gasteiger partial charge in [0.2, 0.25) is 11.8 Å². The summed E-state index contributed by atoms with van der Waals surface area (Å²) in [6.45, 7) is 7.99. The molecule has 0 spiro atoms. The fourth-order valence-corrected chi connectivity index (χ4v) is 2.22. The molecule has 1 aromatic rings. The van der Waals surface area contributed by atoms with Gasteiger partial charge in [0.15, 0.2) is 0 Å². The number of nitrogens with zero attached hydrogens (tertiary/aromatic N) is 4. The van der Waals surface area contributed by atoms with Gasteiger partial charge < -0.3 is 14.2 Å². The zero-order valence-electron chi connectivity index (χ0n) is 12.8. The van der Waals surface area contributed by atoms with E-state index in [1.807, 2.05) is 20.8 Å². The summed E-state index contributed by atoms with van der Waals surface area (Å²) in [5, 5.41) is 7.68. The number of carbonyl (C=O) groups excluding carboxylic acids is 2. The van der Waals surface area contributed by atoms with Gasteiger partial charge in [0.05, 0.1) is 0 Å². The first-order valence-electron chi connectivity index (χ1n) is 7.43. The molecule has 21 heavy (non-hydrogen) atoms. The lowest BCUT2D eigenvalue weighted by Crippen LogP contribution is -2.50. The average molecular weight is 294 g/mol. The van der Waals surface area contributed by atoms with Crippen molar-refractivity contribution in [3.63, 3.8) is 0 Å². The number of aromatic nitrogens is 2. The van der Waals surface area contributed by atoms with E-state index in [2.05, 4.69) is 10.2 Å². The van der Waals surface area contributed by atoms with Crippen molar-refractivity contribution < 1.29 is 14.0 Å². The molecule has 1 fully saturated rings. The highest BCUT2D eigenvalue weighted by molar-refractivity contribution is 5.89. The molecule has 0 atom stereocenters. The van der Waals surface area contributed by atoms with E-state index in [-0.39, 0.29) is 23.6 Å². The molecule has 0 aromatic carbocycles. The first kappa shape index (κ1) is 15.5. The molecule has 1 aliphatic rings. The van der Waals surface area contributed by atoms with Crippen LogP contribution in [0, 0.1) is 0 Å². The quantitative estimate of drug-likeness (QED) is 0.835. The Bertz CT molecular complexity index is 504. The van der Waals surface area contributed by atoms with E-state index >= 15 is 0 Å². The lowest BCUT2D eigenvalue weighted by atomic mass is 10.2. The molecule has 2 amide bonds. The van der Waals surface area contributed by atoms with Crippen molar-refractivity contribution in [3.8, 4) is 0 Å². The topological polar surface area (TPSA) is 79.5 Å². The first-order chi connectivity index (χ1) is 10.0. The predicted molar refractivity (Wildman–Crippen MR) is 75.8 cm³/mol. The fourth-order valence-electron chi connectivity index (χ4n) is 2.22. The lowest BCUT2D eigenvalue weighted by Gasteiger charge is -2.34. The van der Waals surface area contributed by atoms with Crippen molar-refractivity contribution in [1.82, 2.24) is 20.0 Å². The number of rotatable bonds is 4. The van der Waals surface area contributed by atoms with Gasteiger partial charge in [0.25, 0.3) is 0 Å². The van der Waals surface area contributed by atoms with Crippen molar-refractivity contribution in [2.45, 2.75) is 39.5 Å². The van der Waals surface area contributed by atoms with E-state index in [9.17, 15) is 9.59 Å². The van der Waals surface area contributed by atoms with Gasteiger partial charge in [-0.1, -0.05) is 20.8 Å². The highest BCUT2D eigenvalue weighted by Crippen LogP contribution is 2.14. The third kappa shape index (κ3) is 3.59. The molecular formula is C14H22N4O3. The summed E-state index contributed by atoms with van der Waals surface area (Å²) in [5.74, 6) is 0.506. The Morgan fingerprint density at radius 1 is 1.14 bits per heavy atom. The SMILES string of the molecule is CCCC(=O)N1CCN(C(=O)c2nnc(C(C)C)o2)CC1. The van der Waals surface area contributed by atoms with E-state index in [0.717, 1.165) is 6.42 Å². The predicted octanol–water partition coefficient (Wildman–Crippen LogP) is 1.28. The Morgan fingerprint density at radius 3 is 2.29 bits per heavy atom. The molecule has 0 radical (unpaired) electrons. The second kappa shape index (κ2) is 6.69. The van der Waals surface area contributed by atoms with Crippen LogP contribution in [0.1, 0.15) is 56.1 Å². The molecule has 116 valence electrons. The molecule has 1 aliphatic heterocycles. The van der Waals surface area contributed by atoms with E-state index in [1.165, 1.54) is 0 Å². The molecule has 1 saturated heterocycles. The second-order valence-corrected chi connectivity index (χ2v) is 5.52. The Hall–Kier alpha value is -1.92. The Morgan fingerprint density at radius 2 is 1.76 bits per heavy atom. The van der Waals surface area contributed by atoms with Crippen LogP contribution in [-0.4, -0.2) is 58.0 Å². The van der Waals surface area contributed by atoms with Crippen LogP contribution in [0.3, 0.4) is 0 Å². The van der Waals surface area contributed by atoms with Crippen LogP contribution < -0.4 is 0 Å². The van der Waals surface area contributed by atoms with Gasteiger partial charge in [-0.05, 0) is 6.42 Å². The maximum Gasteiger partial charge on any atom is 0.311 e. The fraction of sp³-hybridized carbons (Fsp3) is 0.714. The third-order valence-electron chi connectivity index (χ3n) is 3.50. The van der Waals surface area contributed by atoms with Gasteiger partial charge in [-0.25, -0.2) is 0 Å². The molecule has 0 N–H and O–H groups in total. The Labute approximate surface area is 124 Å². The maximum absolute atomic E-state index is 12.3. The average Bonchev–Trinajstić information content (AvgIpc) is 2.97. The zero-order chi connectivity index (χ0) is 15.4. The molecule has 0 unspecified atom stereocenters. The van der Waals surface area contributed by atoms with Crippen LogP contribution in [0.5, 0.6) is 0 Å². The molecule has 0 saturated carbocycles. The van der Waals surface area contributed by atoms with E-state index in [1.54, 1.807) is 9.80 Å². The summed E-state index contributed by atoms with van der Waals surface area (Å²) in [5.41, 5.74) is 0. The number of amides is 2. The Kier molecular flexibility index (Phi) is 4.93. The minimum absolute atomic E-state index is 0.0343. The standard InChI is InChI=1S/C14H22N4O3/c1-4-5-11(19)17-6-8-18(9-7-17)14(20)13-16-15-12(21-13)10(2)3/h10H,4-9H2,1-3H3. The smallest absolute Gasteiger partial charge is 0.311 e. The largest absolute Gasteiger partial charge is 0.417 e. The van der Waals surface area contributed by atoms with Crippen molar-refractivity contribution >= 4 is 11.8 Å². The van der Waals surface area contributed by atoms with Crippen LogP contribution in [0.25, 0.3) is 0 Å². The van der Waals surface area contributed by atoms with Gasteiger partial charge in [-0.2, -0.15) is 0 Å². The molecule has 0 bridgehead atoms. The highest BCUT2D eigenvalue weighted by atomic mass is 16.4. The lowest BCUT2D eigenvalue weighted by molar-refractivity contribution is -0.132. The number of piperazine rings is 1. The van der Waals surface area contributed by atoms with Crippen molar-refractivity contribution in [3.05, 3.63) is 11.8 Å². The van der Waals surface area contributed by atoms with Crippen LogP contribution in [0.4, 0.5) is 0 Å². The zero-order valence-corrected chi connectivity index (χ0v) is 12.8. The normalized spacial score (nSPS) is 15.6. The Balaban J connectivity index is 1.92. The second-order valence-electron chi connectivity index (χ2n) is 5.52.